The molecule has 0 bridgehead atoms. The van der Waals surface area contributed by atoms with Gasteiger partial charge in [-0.3, -0.25) is 4.98 Å². The van der Waals surface area contributed by atoms with Crippen molar-refractivity contribution >= 4 is 17.4 Å². The molecule has 0 aliphatic heterocycles. The quantitative estimate of drug-likeness (QED) is 0.389. The lowest BCUT2D eigenvalue weighted by atomic mass is 10.1. The van der Waals surface area contributed by atoms with Crippen LogP contribution >= 0.6 is 11.6 Å². The minimum Gasteiger partial charge on any atom is -0.487 e. The number of ether oxygens (including phenoxy) is 1. The summed E-state index contributed by atoms with van der Waals surface area (Å²) in [5.74, 6) is 0.680. The Balaban J connectivity index is 2.00. The highest BCUT2D eigenvalue weighted by Crippen LogP contribution is 2.16. The van der Waals surface area contributed by atoms with Crippen LogP contribution in [0, 0.1) is 0 Å². The molecule has 98 valence electrons. The Morgan fingerprint density at radius 3 is 2.68 bits per heavy atom. The summed E-state index contributed by atoms with van der Waals surface area (Å²) in [7, 11) is 0. The summed E-state index contributed by atoms with van der Waals surface area (Å²) in [6.07, 6.45) is 3.14. The molecule has 0 atom stereocenters. The number of halogens is 1. The first kappa shape index (κ1) is 13.2. The van der Waals surface area contributed by atoms with Crippen LogP contribution in [0.15, 0.2) is 47.9 Å². The van der Waals surface area contributed by atoms with Crippen LogP contribution < -0.4 is 10.5 Å². The van der Waals surface area contributed by atoms with Gasteiger partial charge in [0.1, 0.15) is 12.4 Å². The minimum absolute atomic E-state index is 0.0755. The molecule has 0 spiro atoms. The van der Waals surface area contributed by atoms with Gasteiger partial charge in [-0.2, -0.15) is 0 Å². The third-order valence-electron chi connectivity index (χ3n) is 2.44. The number of hydrogen-bond donors (Lipinski definition) is 2. The van der Waals surface area contributed by atoms with Crippen LogP contribution in [0.5, 0.6) is 5.75 Å². The molecule has 2 rings (SSSR count). The second-order valence-electron chi connectivity index (χ2n) is 3.81. The van der Waals surface area contributed by atoms with E-state index >= 15 is 0 Å². The number of nitrogens with zero attached hydrogens (tertiary/aromatic N) is 2. The maximum absolute atomic E-state index is 8.55. The van der Waals surface area contributed by atoms with Crippen LogP contribution in [0.2, 0.25) is 5.02 Å². The molecule has 0 amide bonds. The van der Waals surface area contributed by atoms with Gasteiger partial charge in [-0.15, -0.1) is 0 Å². The molecule has 0 radical (unpaired) electrons. The van der Waals surface area contributed by atoms with E-state index < -0.39 is 0 Å². The van der Waals surface area contributed by atoms with Crippen LogP contribution in [-0.2, 0) is 6.61 Å². The number of rotatable bonds is 4. The van der Waals surface area contributed by atoms with E-state index in [1.807, 2.05) is 12.1 Å². The molecule has 3 N–H and O–H groups in total. The summed E-state index contributed by atoms with van der Waals surface area (Å²) in [6, 6.07) is 8.88. The first-order valence-electron chi connectivity index (χ1n) is 5.49. The fourth-order valence-electron chi connectivity index (χ4n) is 1.47. The lowest BCUT2D eigenvalue weighted by molar-refractivity contribution is 0.305. The van der Waals surface area contributed by atoms with Crippen molar-refractivity contribution < 1.29 is 9.94 Å². The summed E-state index contributed by atoms with van der Waals surface area (Å²) < 4.78 is 5.54. The number of nitrogens with two attached hydrogens (primary N) is 1. The Labute approximate surface area is 115 Å². The summed E-state index contributed by atoms with van der Waals surface area (Å²) in [5, 5.41) is 12.0. The van der Waals surface area contributed by atoms with Gasteiger partial charge in [0, 0.05) is 17.8 Å². The minimum atomic E-state index is 0.0755. The van der Waals surface area contributed by atoms with Crippen LogP contribution in [0.25, 0.3) is 0 Å². The van der Waals surface area contributed by atoms with E-state index in [1.54, 1.807) is 30.6 Å². The Hall–Kier alpha value is -2.27. The van der Waals surface area contributed by atoms with Crippen molar-refractivity contribution in [1.29, 1.82) is 0 Å². The van der Waals surface area contributed by atoms with Gasteiger partial charge in [0.2, 0.25) is 0 Å². The molecule has 0 aliphatic carbocycles. The lowest BCUT2D eigenvalue weighted by Gasteiger charge is -2.06. The standard InChI is InChI=1S/C13H12ClN3O2/c14-11-5-12(7-16-6-11)19-8-9-1-3-10(4-2-9)13(15)17-18/h1-7,18H,8H2,(H2,15,17). The second kappa shape index (κ2) is 6.06. The second-order valence-corrected chi connectivity index (χ2v) is 4.25. The average molecular weight is 278 g/mol. The molecule has 1 aromatic carbocycles. The molecular formula is C13H12ClN3O2. The fraction of sp³-hybridized carbons (Fsp3) is 0.0769. The highest BCUT2D eigenvalue weighted by molar-refractivity contribution is 6.30. The smallest absolute Gasteiger partial charge is 0.170 e. The molecule has 0 fully saturated rings. The molecule has 2 aromatic rings. The molecule has 1 heterocycles. The van der Waals surface area contributed by atoms with Gasteiger partial charge in [-0.25, -0.2) is 0 Å². The van der Waals surface area contributed by atoms with Gasteiger partial charge in [0.25, 0.3) is 0 Å². The van der Waals surface area contributed by atoms with E-state index in [0.29, 0.717) is 22.9 Å². The van der Waals surface area contributed by atoms with Gasteiger partial charge in [-0.05, 0) is 5.56 Å². The maximum atomic E-state index is 8.55. The van der Waals surface area contributed by atoms with Crippen molar-refractivity contribution in [1.82, 2.24) is 4.98 Å². The first-order chi connectivity index (χ1) is 9.19. The van der Waals surface area contributed by atoms with E-state index in [4.69, 9.17) is 27.3 Å². The number of amidine groups is 1. The highest BCUT2D eigenvalue weighted by Gasteiger charge is 2.01. The number of hydrogen-bond acceptors (Lipinski definition) is 4. The zero-order valence-corrected chi connectivity index (χ0v) is 10.7. The van der Waals surface area contributed by atoms with Crippen molar-refractivity contribution in [2.45, 2.75) is 6.61 Å². The Morgan fingerprint density at radius 2 is 2.05 bits per heavy atom. The zero-order chi connectivity index (χ0) is 13.7. The van der Waals surface area contributed by atoms with Crippen LogP contribution in [0.4, 0.5) is 0 Å². The van der Waals surface area contributed by atoms with Crippen molar-refractivity contribution in [3.8, 4) is 5.75 Å². The first-order valence-corrected chi connectivity index (χ1v) is 5.87. The summed E-state index contributed by atoms with van der Waals surface area (Å²) in [4.78, 5) is 3.93. The lowest BCUT2D eigenvalue weighted by Crippen LogP contribution is -2.12. The molecule has 19 heavy (non-hydrogen) atoms. The van der Waals surface area contributed by atoms with Crippen LogP contribution in [0.3, 0.4) is 0 Å². The number of oxime groups is 1. The Bertz CT molecular complexity index is 585. The monoisotopic (exact) mass is 277 g/mol. The Kier molecular flexibility index (Phi) is 4.20. The third-order valence-corrected chi connectivity index (χ3v) is 2.65. The maximum Gasteiger partial charge on any atom is 0.170 e. The molecule has 0 aliphatic rings. The molecule has 0 unspecified atom stereocenters. The fourth-order valence-corrected chi connectivity index (χ4v) is 1.63. The van der Waals surface area contributed by atoms with Crippen LogP contribution in [-0.4, -0.2) is 16.0 Å². The van der Waals surface area contributed by atoms with Gasteiger partial charge in [0.15, 0.2) is 5.84 Å². The van der Waals surface area contributed by atoms with Gasteiger partial charge in [-0.1, -0.05) is 41.0 Å². The molecule has 5 nitrogen and oxygen atoms in total. The molecule has 0 saturated carbocycles. The van der Waals surface area contributed by atoms with Crippen molar-refractivity contribution in [3.05, 3.63) is 58.9 Å². The predicted molar refractivity (Wildman–Crippen MR) is 72.5 cm³/mol. The van der Waals surface area contributed by atoms with E-state index in [-0.39, 0.29) is 5.84 Å². The number of pyridine rings is 1. The van der Waals surface area contributed by atoms with E-state index in [0.717, 1.165) is 5.56 Å². The average Bonchev–Trinajstić information content (AvgIpc) is 2.45. The molecule has 6 heteroatoms. The van der Waals surface area contributed by atoms with Gasteiger partial charge < -0.3 is 15.7 Å². The van der Waals surface area contributed by atoms with Crippen molar-refractivity contribution in [3.63, 3.8) is 0 Å². The summed E-state index contributed by atoms with van der Waals surface area (Å²) in [6.45, 7) is 0.387. The molecule has 0 saturated heterocycles. The largest absolute Gasteiger partial charge is 0.487 e. The van der Waals surface area contributed by atoms with Gasteiger partial charge >= 0.3 is 0 Å². The van der Waals surface area contributed by atoms with E-state index in [2.05, 4.69) is 10.1 Å². The number of benzene rings is 1. The number of aromatic nitrogens is 1. The van der Waals surface area contributed by atoms with Gasteiger partial charge in [0.05, 0.1) is 11.2 Å². The van der Waals surface area contributed by atoms with E-state index in [1.165, 1.54) is 0 Å². The predicted octanol–water partition coefficient (Wildman–Crippen LogP) is 2.41. The van der Waals surface area contributed by atoms with Crippen LogP contribution in [0.1, 0.15) is 11.1 Å². The SMILES string of the molecule is NC(=NO)c1ccc(COc2cncc(Cl)c2)cc1. The summed E-state index contributed by atoms with van der Waals surface area (Å²) in [5.41, 5.74) is 7.07. The van der Waals surface area contributed by atoms with Crippen molar-refractivity contribution in [2.75, 3.05) is 0 Å². The van der Waals surface area contributed by atoms with E-state index in [9.17, 15) is 0 Å². The Morgan fingerprint density at radius 1 is 1.32 bits per heavy atom. The third kappa shape index (κ3) is 3.59. The highest BCUT2D eigenvalue weighted by atomic mass is 35.5. The normalized spacial score (nSPS) is 11.3. The molecule has 1 aromatic heterocycles. The topological polar surface area (TPSA) is 80.7 Å². The molecular weight excluding hydrogens is 266 g/mol. The van der Waals surface area contributed by atoms with Crippen molar-refractivity contribution in [2.24, 2.45) is 10.9 Å². The zero-order valence-electron chi connectivity index (χ0n) is 9.95. The summed E-state index contributed by atoms with van der Waals surface area (Å²) >= 11 is 5.80.